The molecule has 1 aromatic heterocycles. The molecule has 0 unspecified atom stereocenters. The van der Waals surface area contributed by atoms with Crippen molar-refractivity contribution in [3.63, 3.8) is 0 Å². The topological polar surface area (TPSA) is 96.3 Å². The number of phenolic OH excluding ortho intramolecular Hbond substituents is 1. The van der Waals surface area contributed by atoms with Gasteiger partial charge in [0.15, 0.2) is 0 Å². The number of hydrogen-bond acceptors (Lipinski definition) is 4. The van der Waals surface area contributed by atoms with Gasteiger partial charge < -0.3 is 15.7 Å². The van der Waals surface area contributed by atoms with Crippen molar-refractivity contribution in [1.29, 1.82) is 0 Å². The highest BCUT2D eigenvalue weighted by atomic mass is 16.3. The van der Waals surface area contributed by atoms with E-state index in [4.69, 9.17) is 0 Å². The number of nitrogens with zero attached hydrogens (tertiary/aromatic N) is 2. The van der Waals surface area contributed by atoms with E-state index < -0.39 is 0 Å². The largest absolute Gasteiger partial charge is 0.507 e. The number of nitrogens with one attached hydrogen (secondary N) is 2. The van der Waals surface area contributed by atoms with Gasteiger partial charge in [-0.05, 0) is 67.6 Å². The van der Waals surface area contributed by atoms with Gasteiger partial charge in [-0.3, -0.25) is 4.79 Å². The maximum atomic E-state index is 12.6. The average Bonchev–Trinajstić information content (AvgIpc) is 3.57. The van der Waals surface area contributed by atoms with Crippen molar-refractivity contribution in [1.82, 2.24) is 15.1 Å². The number of carbonyl (C=O) groups is 2. The highest BCUT2D eigenvalue weighted by Crippen LogP contribution is 2.42. The molecule has 3 aromatic rings. The zero-order valence-corrected chi connectivity index (χ0v) is 18.4. The Labute approximate surface area is 187 Å². The molecule has 0 bridgehead atoms. The lowest BCUT2D eigenvalue weighted by molar-refractivity contribution is 0.102. The van der Waals surface area contributed by atoms with Crippen LogP contribution >= 0.6 is 0 Å². The maximum absolute atomic E-state index is 12.6. The number of aromatic hydroxyl groups is 1. The van der Waals surface area contributed by atoms with E-state index in [1.165, 1.54) is 16.3 Å². The molecule has 1 fully saturated rings. The number of rotatable bonds is 7. The summed E-state index contributed by atoms with van der Waals surface area (Å²) in [6, 6.07) is 13.9. The number of carbonyl (C=O) groups excluding carboxylic acids is 2. The molecular weight excluding hydrogens is 404 g/mol. The Kier molecular flexibility index (Phi) is 6.25. The van der Waals surface area contributed by atoms with Gasteiger partial charge in [0.25, 0.3) is 5.91 Å². The minimum Gasteiger partial charge on any atom is -0.507 e. The normalized spacial score (nSPS) is 13.1. The minimum absolute atomic E-state index is 0.0382. The van der Waals surface area contributed by atoms with Crippen LogP contribution in [0.25, 0.3) is 11.3 Å². The molecule has 0 atom stereocenters. The van der Waals surface area contributed by atoms with Crippen molar-refractivity contribution < 1.29 is 14.7 Å². The van der Waals surface area contributed by atoms with Crippen molar-refractivity contribution >= 4 is 17.6 Å². The van der Waals surface area contributed by atoms with Gasteiger partial charge in [-0.2, -0.15) is 9.78 Å². The van der Waals surface area contributed by atoms with E-state index in [9.17, 15) is 14.7 Å². The first-order chi connectivity index (χ1) is 15.5. The first-order valence-corrected chi connectivity index (χ1v) is 11.1. The molecule has 32 heavy (non-hydrogen) atoms. The fourth-order valence-electron chi connectivity index (χ4n) is 3.58. The molecule has 0 spiro atoms. The van der Waals surface area contributed by atoms with Crippen LogP contribution in [-0.4, -0.2) is 33.4 Å². The summed E-state index contributed by atoms with van der Waals surface area (Å²) < 4.78 is 1.41. The SMILES string of the molecule is CCCNC(=O)n1nc(-c2cc(NC(=O)c3ccc(CC)cc3)ccc2O)cc1C1CC1. The number of aromatic nitrogens is 2. The molecule has 7 nitrogen and oxygen atoms in total. The van der Waals surface area contributed by atoms with Crippen molar-refractivity contribution in [2.24, 2.45) is 0 Å². The number of benzene rings is 2. The van der Waals surface area contributed by atoms with E-state index in [2.05, 4.69) is 22.7 Å². The summed E-state index contributed by atoms with van der Waals surface area (Å²) >= 11 is 0. The zero-order valence-electron chi connectivity index (χ0n) is 18.4. The highest BCUT2D eigenvalue weighted by molar-refractivity contribution is 6.04. The molecule has 1 aliphatic rings. The molecule has 4 rings (SSSR count). The first kappa shape index (κ1) is 21.6. The number of hydrogen-bond donors (Lipinski definition) is 3. The lowest BCUT2D eigenvalue weighted by Gasteiger charge is -2.09. The molecule has 166 valence electrons. The predicted octanol–water partition coefficient (Wildman–Crippen LogP) is 4.92. The van der Waals surface area contributed by atoms with Gasteiger partial charge in [-0.15, -0.1) is 0 Å². The number of amides is 2. The van der Waals surface area contributed by atoms with Gasteiger partial charge in [0.1, 0.15) is 5.75 Å². The van der Waals surface area contributed by atoms with Gasteiger partial charge >= 0.3 is 6.03 Å². The Morgan fingerprint density at radius 2 is 1.84 bits per heavy atom. The third-order valence-electron chi connectivity index (χ3n) is 5.61. The van der Waals surface area contributed by atoms with Gasteiger partial charge in [0.2, 0.25) is 0 Å². The van der Waals surface area contributed by atoms with Gasteiger partial charge in [0.05, 0.1) is 11.4 Å². The Morgan fingerprint density at radius 1 is 1.09 bits per heavy atom. The van der Waals surface area contributed by atoms with Crippen LogP contribution in [0.3, 0.4) is 0 Å². The number of phenols is 1. The van der Waals surface area contributed by atoms with Crippen molar-refractivity contribution in [2.45, 2.75) is 45.4 Å². The molecule has 0 aliphatic heterocycles. The lowest BCUT2D eigenvalue weighted by atomic mass is 10.1. The van der Waals surface area contributed by atoms with E-state index in [-0.39, 0.29) is 17.7 Å². The van der Waals surface area contributed by atoms with Crippen molar-refractivity contribution in [2.75, 3.05) is 11.9 Å². The maximum Gasteiger partial charge on any atom is 0.342 e. The summed E-state index contributed by atoms with van der Waals surface area (Å²) in [6.07, 6.45) is 3.79. The monoisotopic (exact) mass is 432 g/mol. The second-order valence-corrected chi connectivity index (χ2v) is 8.11. The zero-order chi connectivity index (χ0) is 22.7. The van der Waals surface area contributed by atoms with Crippen LogP contribution in [-0.2, 0) is 6.42 Å². The van der Waals surface area contributed by atoms with Crippen LogP contribution in [0.1, 0.15) is 60.6 Å². The fraction of sp³-hybridized carbons (Fsp3) is 0.320. The second kappa shape index (κ2) is 9.26. The summed E-state index contributed by atoms with van der Waals surface area (Å²) in [7, 11) is 0. The third-order valence-corrected chi connectivity index (χ3v) is 5.61. The lowest BCUT2D eigenvalue weighted by Crippen LogP contribution is -2.31. The van der Waals surface area contributed by atoms with Crippen LogP contribution in [0.4, 0.5) is 10.5 Å². The van der Waals surface area contributed by atoms with Crippen LogP contribution in [0.15, 0.2) is 48.5 Å². The van der Waals surface area contributed by atoms with E-state index in [0.29, 0.717) is 35.0 Å². The van der Waals surface area contributed by atoms with E-state index in [1.54, 1.807) is 24.3 Å². The summed E-state index contributed by atoms with van der Waals surface area (Å²) in [5.41, 5.74) is 4.08. The third kappa shape index (κ3) is 4.66. The van der Waals surface area contributed by atoms with E-state index in [1.807, 2.05) is 25.1 Å². The summed E-state index contributed by atoms with van der Waals surface area (Å²) in [4.78, 5) is 25.2. The van der Waals surface area contributed by atoms with E-state index >= 15 is 0 Å². The number of aryl methyl sites for hydroxylation is 1. The smallest absolute Gasteiger partial charge is 0.342 e. The molecule has 0 radical (unpaired) electrons. The standard InChI is InChI=1S/C25H28N4O3/c1-3-13-26-25(32)29-22(17-9-10-17)15-21(28-29)20-14-19(11-12-23(20)30)27-24(31)18-7-5-16(4-2)6-8-18/h5-8,11-12,14-15,17,30H,3-4,9-10,13H2,1-2H3,(H,26,32)(H,27,31). The molecule has 1 heterocycles. The Morgan fingerprint density at radius 3 is 2.50 bits per heavy atom. The molecule has 3 N–H and O–H groups in total. The van der Waals surface area contributed by atoms with Crippen molar-refractivity contribution in [3.8, 4) is 17.0 Å². The predicted molar refractivity (Wildman–Crippen MR) is 124 cm³/mol. The summed E-state index contributed by atoms with van der Waals surface area (Å²) in [6.45, 7) is 4.63. The summed E-state index contributed by atoms with van der Waals surface area (Å²) in [5, 5.41) is 20.7. The molecule has 2 amide bonds. The quantitative estimate of drug-likeness (QED) is 0.462. The van der Waals surface area contributed by atoms with Crippen molar-refractivity contribution in [3.05, 3.63) is 65.4 Å². The molecule has 1 saturated carbocycles. The Bertz CT molecular complexity index is 1130. The average molecular weight is 433 g/mol. The first-order valence-electron chi connectivity index (χ1n) is 11.1. The molecule has 0 saturated heterocycles. The summed E-state index contributed by atoms with van der Waals surface area (Å²) in [5.74, 6) is 0.114. The van der Waals surface area contributed by atoms with E-state index in [0.717, 1.165) is 31.4 Å². The second-order valence-electron chi connectivity index (χ2n) is 8.11. The fourth-order valence-corrected chi connectivity index (χ4v) is 3.58. The molecule has 7 heteroatoms. The van der Waals surface area contributed by atoms with Gasteiger partial charge in [0, 0.05) is 29.3 Å². The van der Waals surface area contributed by atoms with Crippen LogP contribution in [0.2, 0.25) is 0 Å². The Balaban J connectivity index is 1.59. The number of anilines is 1. The van der Waals surface area contributed by atoms with Gasteiger partial charge in [-0.1, -0.05) is 26.0 Å². The molecule has 2 aromatic carbocycles. The Hall–Kier alpha value is -3.61. The van der Waals surface area contributed by atoms with Gasteiger partial charge in [-0.25, -0.2) is 4.79 Å². The van der Waals surface area contributed by atoms with Crippen LogP contribution in [0.5, 0.6) is 5.75 Å². The van der Waals surface area contributed by atoms with Crippen LogP contribution < -0.4 is 10.6 Å². The van der Waals surface area contributed by atoms with Crippen LogP contribution in [0, 0.1) is 0 Å². The highest BCUT2D eigenvalue weighted by Gasteiger charge is 2.30. The minimum atomic E-state index is -0.264. The molecule has 1 aliphatic carbocycles. The molecular formula is C25H28N4O3.